The maximum atomic E-state index is 12.1. The second kappa shape index (κ2) is 5.05. The molecule has 0 amide bonds. The molecular weight excluding hydrogens is 315 g/mol. The molecule has 0 spiro atoms. The van der Waals surface area contributed by atoms with Crippen molar-refractivity contribution in [2.24, 2.45) is 0 Å². The number of pyridine rings is 1. The first-order valence-corrected chi connectivity index (χ1v) is 7.84. The molecule has 2 heterocycles. The van der Waals surface area contributed by atoms with Crippen LogP contribution in [0.3, 0.4) is 0 Å². The lowest BCUT2D eigenvalue weighted by molar-refractivity contribution is 0.601. The number of nitrogens with one attached hydrogen (secondary N) is 1. The number of sulfonamides is 1. The Morgan fingerprint density at radius 1 is 1.39 bits per heavy atom. The summed E-state index contributed by atoms with van der Waals surface area (Å²) in [6.45, 7) is 1.76. The first-order valence-electron chi connectivity index (χ1n) is 4.78. The molecule has 1 N–H and O–H groups in total. The van der Waals surface area contributed by atoms with Crippen LogP contribution in [0.1, 0.15) is 5.56 Å². The fourth-order valence-electron chi connectivity index (χ4n) is 1.30. The van der Waals surface area contributed by atoms with Crippen molar-refractivity contribution < 1.29 is 8.42 Å². The van der Waals surface area contributed by atoms with E-state index in [2.05, 4.69) is 9.71 Å². The van der Waals surface area contributed by atoms with Crippen molar-refractivity contribution in [3.05, 3.63) is 38.8 Å². The molecule has 8 heteroatoms. The molecule has 0 bridgehead atoms. The largest absolute Gasteiger partial charge is 0.279 e. The average molecular weight is 323 g/mol. The van der Waals surface area contributed by atoms with E-state index < -0.39 is 10.0 Å². The zero-order valence-corrected chi connectivity index (χ0v) is 12.3. The smallest absolute Gasteiger partial charge is 0.264 e. The van der Waals surface area contributed by atoms with E-state index in [4.69, 9.17) is 23.2 Å². The predicted molar refractivity (Wildman–Crippen MR) is 74.1 cm³/mol. The van der Waals surface area contributed by atoms with Crippen LogP contribution < -0.4 is 4.72 Å². The lowest BCUT2D eigenvalue weighted by Gasteiger charge is -2.08. The minimum atomic E-state index is -3.73. The summed E-state index contributed by atoms with van der Waals surface area (Å²) in [6, 6.07) is 2.90. The zero-order chi connectivity index (χ0) is 13.3. The first kappa shape index (κ1) is 13.6. The quantitative estimate of drug-likeness (QED) is 0.939. The van der Waals surface area contributed by atoms with Gasteiger partial charge in [0.1, 0.15) is 9.23 Å². The van der Waals surface area contributed by atoms with Crippen LogP contribution >= 0.6 is 34.5 Å². The van der Waals surface area contributed by atoms with Crippen LogP contribution in [0.5, 0.6) is 0 Å². The molecular formula is C10H8Cl2N2O2S2. The van der Waals surface area contributed by atoms with Crippen molar-refractivity contribution in [3.8, 4) is 0 Å². The van der Waals surface area contributed by atoms with Crippen molar-refractivity contribution in [2.45, 2.75) is 11.8 Å². The number of aryl methyl sites for hydroxylation is 1. The molecule has 2 rings (SSSR count). The van der Waals surface area contributed by atoms with Gasteiger partial charge in [0.15, 0.2) is 0 Å². The second-order valence-corrected chi connectivity index (χ2v) is 7.42. The van der Waals surface area contributed by atoms with Gasteiger partial charge < -0.3 is 0 Å². The lowest BCUT2D eigenvalue weighted by atomic mass is 10.3. The van der Waals surface area contributed by atoms with Crippen LogP contribution in [0.25, 0.3) is 0 Å². The molecule has 0 aliphatic carbocycles. The summed E-state index contributed by atoms with van der Waals surface area (Å²) < 4.78 is 27.2. The Morgan fingerprint density at radius 3 is 2.67 bits per heavy atom. The Balaban J connectivity index is 2.40. The molecule has 2 aromatic rings. The highest BCUT2D eigenvalue weighted by Crippen LogP contribution is 2.35. The summed E-state index contributed by atoms with van der Waals surface area (Å²) in [5, 5.41) is 0. The van der Waals surface area contributed by atoms with Gasteiger partial charge in [0.2, 0.25) is 0 Å². The van der Waals surface area contributed by atoms with Gasteiger partial charge in [0.25, 0.3) is 10.0 Å². The number of hydrogen-bond acceptors (Lipinski definition) is 4. The first-order chi connectivity index (χ1) is 8.40. The standard InChI is InChI=1S/C10H8Cl2N2O2S2/c1-6-5-13-3-2-7(6)14-18(15,16)8-4-9(11)17-10(8)12/h2-5H,1H3,(H,13,14). The Labute approximate surface area is 119 Å². The number of thiophene rings is 1. The predicted octanol–water partition coefficient (Wildman–Crippen LogP) is 3.56. The van der Waals surface area contributed by atoms with Gasteiger partial charge in [-0.3, -0.25) is 9.71 Å². The Kier molecular flexibility index (Phi) is 3.82. The number of hydrogen-bond donors (Lipinski definition) is 1. The van der Waals surface area contributed by atoms with Gasteiger partial charge in [-0.05, 0) is 24.6 Å². The maximum Gasteiger partial charge on any atom is 0.264 e. The number of aromatic nitrogens is 1. The molecule has 0 saturated carbocycles. The highest BCUT2D eigenvalue weighted by atomic mass is 35.5. The van der Waals surface area contributed by atoms with Gasteiger partial charge in [-0.25, -0.2) is 8.42 Å². The van der Waals surface area contributed by atoms with E-state index in [1.807, 2.05) is 0 Å². The molecule has 0 aliphatic rings. The highest BCUT2D eigenvalue weighted by molar-refractivity contribution is 7.93. The zero-order valence-electron chi connectivity index (χ0n) is 9.15. The Hall–Kier alpha value is -0.820. The van der Waals surface area contributed by atoms with Crippen LogP contribution in [-0.2, 0) is 10.0 Å². The van der Waals surface area contributed by atoms with E-state index in [1.165, 1.54) is 12.3 Å². The van der Waals surface area contributed by atoms with Crippen molar-refractivity contribution in [1.82, 2.24) is 4.98 Å². The molecule has 0 aromatic carbocycles. The number of nitrogens with zero attached hydrogens (tertiary/aromatic N) is 1. The molecule has 0 radical (unpaired) electrons. The van der Waals surface area contributed by atoms with Gasteiger partial charge in [-0.2, -0.15) is 0 Å². The van der Waals surface area contributed by atoms with Crippen LogP contribution in [-0.4, -0.2) is 13.4 Å². The minimum absolute atomic E-state index is 0.0182. The van der Waals surface area contributed by atoms with Crippen molar-refractivity contribution >= 4 is 50.2 Å². The topological polar surface area (TPSA) is 59.1 Å². The fraction of sp³-hybridized carbons (Fsp3) is 0.100. The average Bonchev–Trinajstić information content (AvgIpc) is 2.62. The van der Waals surface area contributed by atoms with Gasteiger partial charge >= 0.3 is 0 Å². The van der Waals surface area contributed by atoms with Crippen LogP contribution in [0, 0.1) is 6.92 Å². The molecule has 18 heavy (non-hydrogen) atoms. The third-order valence-electron chi connectivity index (χ3n) is 2.18. The van der Waals surface area contributed by atoms with Crippen LogP contribution in [0.4, 0.5) is 5.69 Å². The fourth-order valence-corrected chi connectivity index (χ4v) is 4.58. The molecule has 0 saturated heterocycles. The van der Waals surface area contributed by atoms with E-state index in [0.29, 0.717) is 10.0 Å². The third kappa shape index (κ3) is 2.77. The summed E-state index contributed by atoms with van der Waals surface area (Å²) in [5.41, 5.74) is 1.18. The van der Waals surface area contributed by atoms with Crippen molar-refractivity contribution in [2.75, 3.05) is 4.72 Å². The molecule has 0 fully saturated rings. The lowest BCUT2D eigenvalue weighted by Crippen LogP contribution is -2.13. The normalized spacial score (nSPS) is 11.5. The maximum absolute atomic E-state index is 12.1. The molecule has 0 atom stereocenters. The van der Waals surface area contributed by atoms with Gasteiger partial charge in [0.05, 0.1) is 10.0 Å². The summed E-state index contributed by atoms with van der Waals surface area (Å²) >= 11 is 12.6. The minimum Gasteiger partial charge on any atom is -0.279 e. The molecule has 4 nitrogen and oxygen atoms in total. The van der Waals surface area contributed by atoms with Gasteiger partial charge in [0, 0.05) is 12.4 Å². The van der Waals surface area contributed by atoms with Crippen LogP contribution in [0.2, 0.25) is 8.67 Å². The van der Waals surface area contributed by atoms with E-state index >= 15 is 0 Å². The number of rotatable bonds is 3. The van der Waals surface area contributed by atoms with E-state index in [1.54, 1.807) is 19.2 Å². The van der Waals surface area contributed by atoms with Gasteiger partial charge in [-0.1, -0.05) is 23.2 Å². The molecule has 0 unspecified atom stereocenters. The second-order valence-electron chi connectivity index (χ2n) is 3.48. The summed E-state index contributed by atoms with van der Waals surface area (Å²) in [5.74, 6) is 0. The summed E-state index contributed by atoms with van der Waals surface area (Å²) in [4.78, 5) is 3.87. The third-order valence-corrected chi connectivity index (χ3v) is 5.30. The highest BCUT2D eigenvalue weighted by Gasteiger charge is 2.21. The van der Waals surface area contributed by atoms with Gasteiger partial charge in [-0.15, -0.1) is 11.3 Å². The van der Waals surface area contributed by atoms with E-state index in [0.717, 1.165) is 16.9 Å². The molecule has 96 valence electrons. The number of halogens is 2. The molecule has 0 aliphatic heterocycles. The Morgan fingerprint density at radius 2 is 2.11 bits per heavy atom. The van der Waals surface area contributed by atoms with Crippen molar-refractivity contribution in [1.29, 1.82) is 0 Å². The Bertz CT molecular complexity index is 683. The van der Waals surface area contributed by atoms with E-state index in [9.17, 15) is 8.42 Å². The SMILES string of the molecule is Cc1cnccc1NS(=O)(=O)c1cc(Cl)sc1Cl. The molecule has 2 aromatic heterocycles. The number of anilines is 1. The monoisotopic (exact) mass is 322 g/mol. The van der Waals surface area contributed by atoms with E-state index in [-0.39, 0.29) is 9.23 Å². The summed E-state index contributed by atoms with van der Waals surface area (Å²) in [7, 11) is -3.73. The van der Waals surface area contributed by atoms with Crippen molar-refractivity contribution in [3.63, 3.8) is 0 Å². The van der Waals surface area contributed by atoms with Crippen LogP contribution in [0.15, 0.2) is 29.4 Å². The summed E-state index contributed by atoms with van der Waals surface area (Å²) in [6.07, 6.45) is 3.08.